The number of rotatable bonds is 3. The van der Waals surface area contributed by atoms with Gasteiger partial charge in [0.15, 0.2) is 5.52 Å². The molecule has 6 heteroatoms. The van der Waals surface area contributed by atoms with E-state index in [4.69, 9.17) is 0 Å². The van der Waals surface area contributed by atoms with Crippen LogP contribution in [0.1, 0.15) is 19.3 Å². The summed E-state index contributed by atoms with van der Waals surface area (Å²) in [6.07, 6.45) is 3.38. The monoisotopic (exact) mass is 249 g/mol. The van der Waals surface area contributed by atoms with Crippen LogP contribution in [0, 0.1) is 10.1 Å². The fourth-order valence-corrected chi connectivity index (χ4v) is 2.67. The molecule has 0 unspecified atom stereocenters. The van der Waals surface area contributed by atoms with E-state index in [0.29, 0.717) is 17.2 Å². The first-order valence-electron chi connectivity index (χ1n) is 5.53. The van der Waals surface area contributed by atoms with Crippen LogP contribution in [-0.4, -0.2) is 15.9 Å². The fraction of sp³-hybridized carbons (Fsp3) is 0.364. The van der Waals surface area contributed by atoms with Crippen LogP contribution in [0.2, 0.25) is 0 Å². The van der Waals surface area contributed by atoms with E-state index in [9.17, 15) is 10.1 Å². The number of nitro groups is 1. The molecule has 0 amide bonds. The number of hydrogen-bond acceptors (Lipinski definition) is 5. The van der Waals surface area contributed by atoms with E-state index in [1.165, 1.54) is 17.8 Å². The molecular formula is C11H11N3O2S. The molecule has 1 heterocycles. The molecule has 1 fully saturated rings. The van der Waals surface area contributed by atoms with Crippen molar-refractivity contribution in [3.8, 4) is 0 Å². The number of aromatic nitrogens is 1. The Labute approximate surface area is 102 Å². The summed E-state index contributed by atoms with van der Waals surface area (Å²) < 4.78 is 0.857. The predicted molar refractivity (Wildman–Crippen MR) is 67.5 cm³/mol. The van der Waals surface area contributed by atoms with E-state index >= 15 is 0 Å². The Balaban J connectivity index is 2.08. The molecular weight excluding hydrogens is 238 g/mol. The molecule has 1 N–H and O–H groups in total. The first-order chi connectivity index (χ1) is 8.25. The molecule has 0 radical (unpaired) electrons. The van der Waals surface area contributed by atoms with Gasteiger partial charge in [-0.15, -0.1) is 11.3 Å². The van der Waals surface area contributed by atoms with Gasteiger partial charge in [0.2, 0.25) is 0 Å². The highest BCUT2D eigenvalue weighted by Gasteiger charge is 2.24. The Morgan fingerprint density at radius 2 is 2.29 bits per heavy atom. The van der Waals surface area contributed by atoms with Crippen LogP contribution in [0.15, 0.2) is 17.6 Å². The molecule has 1 saturated carbocycles. The smallest absolute Gasteiger partial charge is 0.319 e. The number of nitro benzene ring substituents is 1. The molecule has 1 aromatic heterocycles. The van der Waals surface area contributed by atoms with Crippen molar-refractivity contribution >= 4 is 32.9 Å². The van der Waals surface area contributed by atoms with Crippen LogP contribution in [0.25, 0.3) is 10.2 Å². The zero-order chi connectivity index (χ0) is 11.8. The van der Waals surface area contributed by atoms with Gasteiger partial charge in [0.1, 0.15) is 5.69 Å². The van der Waals surface area contributed by atoms with Gasteiger partial charge < -0.3 is 5.32 Å². The third-order valence-corrected chi connectivity index (χ3v) is 3.92. The van der Waals surface area contributed by atoms with Crippen LogP contribution in [0.5, 0.6) is 0 Å². The van der Waals surface area contributed by atoms with Crippen LogP contribution in [0.3, 0.4) is 0 Å². The number of hydrogen-bond donors (Lipinski definition) is 1. The number of nitrogens with one attached hydrogen (secondary N) is 1. The lowest BCUT2D eigenvalue weighted by Gasteiger charge is -2.27. The maximum atomic E-state index is 11.2. The lowest BCUT2D eigenvalue weighted by atomic mass is 9.93. The molecule has 5 nitrogen and oxygen atoms in total. The quantitative estimate of drug-likeness (QED) is 0.670. The average molecular weight is 249 g/mol. The van der Waals surface area contributed by atoms with Gasteiger partial charge in [-0.1, -0.05) is 0 Å². The van der Waals surface area contributed by atoms with E-state index in [0.717, 1.165) is 17.5 Å². The van der Waals surface area contributed by atoms with Crippen molar-refractivity contribution in [2.45, 2.75) is 25.3 Å². The molecule has 1 aromatic carbocycles. The highest BCUT2D eigenvalue weighted by molar-refractivity contribution is 7.16. The summed E-state index contributed by atoms with van der Waals surface area (Å²) in [7, 11) is 0. The minimum absolute atomic E-state index is 0.107. The number of fused-ring (bicyclic) bond motifs is 1. The Morgan fingerprint density at radius 3 is 2.94 bits per heavy atom. The van der Waals surface area contributed by atoms with E-state index in [1.54, 1.807) is 11.6 Å². The Morgan fingerprint density at radius 1 is 1.47 bits per heavy atom. The molecule has 2 aromatic rings. The SMILES string of the molecule is O=[N+]([O-])c1c(NC2CCC2)ccc2scnc12. The van der Waals surface area contributed by atoms with Crippen molar-refractivity contribution in [2.24, 2.45) is 0 Å². The zero-order valence-electron chi connectivity index (χ0n) is 9.05. The molecule has 1 aliphatic carbocycles. The second kappa shape index (κ2) is 3.96. The minimum Gasteiger partial charge on any atom is -0.377 e. The summed E-state index contributed by atoms with van der Waals surface area (Å²) in [5.74, 6) is 0. The molecule has 0 bridgehead atoms. The third-order valence-electron chi connectivity index (χ3n) is 3.12. The van der Waals surface area contributed by atoms with Crippen LogP contribution in [0.4, 0.5) is 11.4 Å². The number of thiazole rings is 1. The summed E-state index contributed by atoms with van der Waals surface area (Å²) in [6, 6.07) is 4.06. The number of anilines is 1. The molecule has 0 spiro atoms. The Bertz CT molecular complexity index is 577. The normalized spacial score (nSPS) is 15.8. The van der Waals surface area contributed by atoms with Crippen LogP contribution < -0.4 is 5.32 Å². The first-order valence-corrected chi connectivity index (χ1v) is 6.41. The third kappa shape index (κ3) is 1.74. The van der Waals surface area contributed by atoms with E-state index in [2.05, 4.69) is 10.3 Å². The van der Waals surface area contributed by atoms with Gasteiger partial charge in [-0.25, -0.2) is 4.98 Å². The van der Waals surface area contributed by atoms with Crippen LogP contribution >= 0.6 is 11.3 Å². The van der Waals surface area contributed by atoms with Crippen molar-refractivity contribution in [1.82, 2.24) is 4.98 Å². The molecule has 17 heavy (non-hydrogen) atoms. The highest BCUT2D eigenvalue weighted by Crippen LogP contribution is 2.36. The first kappa shape index (κ1) is 10.5. The van der Waals surface area contributed by atoms with E-state index < -0.39 is 0 Å². The molecule has 0 atom stereocenters. The summed E-state index contributed by atoms with van der Waals surface area (Å²) in [5.41, 5.74) is 2.84. The van der Waals surface area contributed by atoms with Crippen molar-refractivity contribution in [2.75, 3.05) is 5.32 Å². The molecule has 88 valence electrons. The maximum absolute atomic E-state index is 11.2. The predicted octanol–water partition coefficient (Wildman–Crippen LogP) is 3.17. The van der Waals surface area contributed by atoms with Gasteiger partial charge in [-0.3, -0.25) is 10.1 Å². The van der Waals surface area contributed by atoms with Gasteiger partial charge in [0, 0.05) is 6.04 Å². The van der Waals surface area contributed by atoms with Crippen LogP contribution in [-0.2, 0) is 0 Å². The van der Waals surface area contributed by atoms with Crippen molar-refractivity contribution in [1.29, 1.82) is 0 Å². The maximum Gasteiger partial charge on any atom is 0.319 e. The number of nitrogens with zero attached hydrogens (tertiary/aromatic N) is 2. The molecule has 3 rings (SSSR count). The summed E-state index contributed by atoms with van der Waals surface area (Å²) >= 11 is 1.42. The minimum atomic E-state index is -0.344. The second-order valence-electron chi connectivity index (χ2n) is 4.19. The standard InChI is InChI=1S/C11H11N3O2S/c15-14(16)11-8(13-7-2-1-3-7)4-5-9-10(11)12-6-17-9/h4-7,13H,1-3H2. The van der Waals surface area contributed by atoms with Gasteiger partial charge in [0.05, 0.1) is 15.1 Å². The molecule has 1 aliphatic rings. The largest absolute Gasteiger partial charge is 0.377 e. The van der Waals surface area contributed by atoms with E-state index in [-0.39, 0.29) is 10.6 Å². The molecule has 0 aliphatic heterocycles. The fourth-order valence-electron chi connectivity index (χ4n) is 1.99. The Hall–Kier alpha value is -1.69. The summed E-state index contributed by atoms with van der Waals surface area (Å²) in [5, 5.41) is 14.4. The van der Waals surface area contributed by atoms with Gasteiger partial charge >= 0.3 is 5.69 Å². The van der Waals surface area contributed by atoms with Crippen molar-refractivity contribution in [3.63, 3.8) is 0 Å². The zero-order valence-corrected chi connectivity index (χ0v) is 9.87. The van der Waals surface area contributed by atoms with Gasteiger partial charge in [-0.2, -0.15) is 0 Å². The lowest BCUT2D eigenvalue weighted by molar-refractivity contribution is -0.382. The average Bonchev–Trinajstić information content (AvgIpc) is 2.69. The number of benzene rings is 1. The second-order valence-corrected chi connectivity index (χ2v) is 5.08. The summed E-state index contributed by atoms with van der Waals surface area (Å²) in [4.78, 5) is 14.9. The highest BCUT2D eigenvalue weighted by atomic mass is 32.1. The van der Waals surface area contributed by atoms with Gasteiger partial charge in [0.25, 0.3) is 0 Å². The van der Waals surface area contributed by atoms with Crippen molar-refractivity contribution < 1.29 is 4.92 Å². The Kier molecular flexibility index (Phi) is 2.44. The van der Waals surface area contributed by atoms with Crippen molar-refractivity contribution in [3.05, 3.63) is 27.8 Å². The van der Waals surface area contributed by atoms with E-state index in [1.807, 2.05) is 6.07 Å². The topological polar surface area (TPSA) is 68.1 Å². The lowest BCUT2D eigenvalue weighted by Crippen LogP contribution is -2.27. The summed E-state index contributed by atoms with van der Waals surface area (Å²) in [6.45, 7) is 0. The van der Waals surface area contributed by atoms with Gasteiger partial charge in [-0.05, 0) is 31.4 Å². The molecule has 0 saturated heterocycles.